The minimum Gasteiger partial charge on any atom is -0.340 e. The standard InChI is InChI=1S/C16H26N2O2S/c1-2-13-14(19)17-16(8-4-3-5-9-16)15(20)18(13)12-6-10-21-11-7-12/h12-13H,2-11H2,1H3,(H,17,19). The first-order chi connectivity index (χ1) is 10.2. The molecule has 21 heavy (non-hydrogen) atoms. The number of hydrogen-bond donors (Lipinski definition) is 1. The number of carbonyl (C=O) groups excluding carboxylic acids is 2. The highest BCUT2D eigenvalue weighted by Gasteiger charge is 2.52. The van der Waals surface area contributed by atoms with Gasteiger partial charge in [0.1, 0.15) is 11.6 Å². The Kier molecular flexibility index (Phi) is 4.48. The van der Waals surface area contributed by atoms with E-state index in [2.05, 4.69) is 5.32 Å². The summed E-state index contributed by atoms with van der Waals surface area (Å²) in [7, 11) is 0. The smallest absolute Gasteiger partial charge is 0.249 e. The van der Waals surface area contributed by atoms with Crippen molar-refractivity contribution in [2.24, 2.45) is 0 Å². The third-order valence-electron chi connectivity index (χ3n) is 5.32. The molecule has 118 valence electrons. The van der Waals surface area contributed by atoms with Crippen LogP contribution in [0.2, 0.25) is 0 Å². The maximum absolute atomic E-state index is 13.2. The Hall–Kier alpha value is -0.710. The summed E-state index contributed by atoms with van der Waals surface area (Å²) in [5.41, 5.74) is -0.578. The molecule has 3 rings (SSSR count). The SMILES string of the molecule is CCC1C(=O)NC2(CCCCC2)C(=O)N1C1CCSCC1. The molecule has 2 aliphatic heterocycles. The number of rotatable bonds is 2. The van der Waals surface area contributed by atoms with Crippen LogP contribution >= 0.6 is 11.8 Å². The highest BCUT2D eigenvalue weighted by molar-refractivity contribution is 7.99. The number of hydrogen-bond acceptors (Lipinski definition) is 3. The van der Waals surface area contributed by atoms with Gasteiger partial charge < -0.3 is 10.2 Å². The molecule has 0 bridgehead atoms. The van der Waals surface area contributed by atoms with Gasteiger partial charge in [0.25, 0.3) is 0 Å². The van der Waals surface area contributed by atoms with Crippen LogP contribution in [0.15, 0.2) is 0 Å². The van der Waals surface area contributed by atoms with E-state index >= 15 is 0 Å². The van der Waals surface area contributed by atoms with Crippen LogP contribution < -0.4 is 5.32 Å². The highest BCUT2D eigenvalue weighted by Crippen LogP contribution is 2.36. The lowest BCUT2D eigenvalue weighted by Crippen LogP contribution is -2.72. The van der Waals surface area contributed by atoms with Crippen molar-refractivity contribution in [3.8, 4) is 0 Å². The Balaban J connectivity index is 1.88. The summed E-state index contributed by atoms with van der Waals surface area (Å²) in [5, 5.41) is 3.12. The molecular weight excluding hydrogens is 284 g/mol. The number of nitrogens with zero attached hydrogens (tertiary/aromatic N) is 1. The quantitative estimate of drug-likeness (QED) is 0.851. The van der Waals surface area contributed by atoms with Gasteiger partial charge in [-0.05, 0) is 43.6 Å². The molecular formula is C16H26N2O2S. The second-order valence-corrected chi connectivity index (χ2v) is 7.84. The van der Waals surface area contributed by atoms with Gasteiger partial charge in [-0.2, -0.15) is 11.8 Å². The first-order valence-electron chi connectivity index (χ1n) is 8.40. The van der Waals surface area contributed by atoms with Gasteiger partial charge in [0.05, 0.1) is 0 Å². The summed E-state index contributed by atoms with van der Waals surface area (Å²) < 4.78 is 0. The van der Waals surface area contributed by atoms with Crippen LogP contribution in [0.1, 0.15) is 58.3 Å². The summed E-state index contributed by atoms with van der Waals surface area (Å²) >= 11 is 1.96. The van der Waals surface area contributed by atoms with Crippen molar-refractivity contribution in [1.82, 2.24) is 10.2 Å². The van der Waals surface area contributed by atoms with Crippen molar-refractivity contribution >= 4 is 23.6 Å². The predicted octanol–water partition coefficient (Wildman–Crippen LogP) is 2.32. The van der Waals surface area contributed by atoms with Gasteiger partial charge in [-0.3, -0.25) is 9.59 Å². The van der Waals surface area contributed by atoms with Crippen molar-refractivity contribution in [2.45, 2.75) is 75.9 Å². The maximum atomic E-state index is 13.2. The Morgan fingerprint density at radius 3 is 2.48 bits per heavy atom. The van der Waals surface area contributed by atoms with Crippen molar-refractivity contribution in [1.29, 1.82) is 0 Å². The van der Waals surface area contributed by atoms with Crippen LogP contribution in [0.3, 0.4) is 0 Å². The average molecular weight is 310 g/mol. The zero-order valence-corrected chi connectivity index (χ0v) is 13.7. The van der Waals surface area contributed by atoms with Crippen molar-refractivity contribution < 1.29 is 9.59 Å². The summed E-state index contributed by atoms with van der Waals surface area (Å²) in [6.07, 6.45) is 7.73. The van der Waals surface area contributed by atoms with Gasteiger partial charge in [-0.25, -0.2) is 0 Å². The second-order valence-electron chi connectivity index (χ2n) is 6.61. The summed E-state index contributed by atoms with van der Waals surface area (Å²) in [4.78, 5) is 27.8. The number of nitrogens with one attached hydrogen (secondary N) is 1. The average Bonchev–Trinajstić information content (AvgIpc) is 2.52. The van der Waals surface area contributed by atoms with Crippen molar-refractivity contribution in [2.75, 3.05) is 11.5 Å². The first-order valence-corrected chi connectivity index (χ1v) is 9.56. The van der Waals surface area contributed by atoms with E-state index in [9.17, 15) is 9.59 Å². The molecule has 2 amide bonds. The van der Waals surface area contributed by atoms with Gasteiger partial charge in [0.15, 0.2) is 0 Å². The lowest BCUT2D eigenvalue weighted by Gasteiger charge is -2.50. The predicted molar refractivity (Wildman–Crippen MR) is 85.2 cm³/mol. The Morgan fingerprint density at radius 1 is 1.19 bits per heavy atom. The summed E-state index contributed by atoms with van der Waals surface area (Å²) in [6, 6.07) is 0.0201. The molecule has 1 aliphatic carbocycles. The van der Waals surface area contributed by atoms with Gasteiger partial charge in [0.2, 0.25) is 11.8 Å². The third-order valence-corrected chi connectivity index (χ3v) is 6.37. The van der Waals surface area contributed by atoms with Crippen LogP contribution in [-0.2, 0) is 9.59 Å². The number of piperazine rings is 1. The molecule has 2 saturated heterocycles. The minimum atomic E-state index is -0.578. The molecule has 3 aliphatic rings. The number of carbonyl (C=O) groups is 2. The summed E-state index contributed by atoms with van der Waals surface area (Å²) in [5.74, 6) is 2.52. The Labute approximate surface area is 131 Å². The molecule has 0 aromatic heterocycles. The zero-order valence-electron chi connectivity index (χ0n) is 12.9. The molecule has 5 heteroatoms. The van der Waals surface area contributed by atoms with Gasteiger partial charge in [0, 0.05) is 6.04 Å². The van der Waals surface area contributed by atoms with Gasteiger partial charge in [-0.15, -0.1) is 0 Å². The topological polar surface area (TPSA) is 49.4 Å². The molecule has 0 aromatic rings. The largest absolute Gasteiger partial charge is 0.340 e. The third kappa shape index (κ3) is 2.69. The van der Waals surface area contributed by atoms with E-state index in [0.717, 1.165) is 56.5 Å². The van der Waals surface area contributed by atoms with Crippen LogP contribution in [0.5, 0.6) is 0 Å². The lowest BCUT2D eigenvalue weighted by molar-refractivity contribution is -0.160. The van der Waals surface area contributed by atoms with E-state index in [0.29, 0.717) is 0 Å². The molecule has 1 atom stereocenters. The van der Waals surface area contributed by atoms with E-state index in [1.165, 1.54) is 6.42 Å². The Morgan fingerprint density at radius 2 is 1.86 bits per heavy atom. The normalized spacial score (nSPS) is 30.5. The molecule has 1 saturated carbocycles. The minimum absolute atomic E-state index is 0.0808. The highest BCUT2D eigenvalue weighted by atomic mass is 32.2. The lowest BCUT2D eigenvalue weighted by atomic mass is 9.77. The molecule has 4 nitrogen and oxygen atoms in total. The van der Waals surface area contributed by atoms with Crippen LogP contribution in [0, 0.1) is 0 Å². The van der Waals surface area contributed by atoms with E-state index in [4.69, 9.17) is 0 Å². The van der Waals surface area contributed by atoms with E-state index in [1.807, 2.05) is 23.6 Å². The van der Waals surface area contributed by atoms with E-state index < -0.39 is 5.54 Å². The Bertz CT molecular complexity index is 415. The van der Waals surface area contributed by atoms with E-state index in [1.54, 1.807) is 0 Å². The molecule has 0 aromatic carbocycles. The van der Waals surface area contributed by atoms with Gasteiger partial charge in [-0.1, -0.05) is 26.2 Å². The van der Waals surface area contributed by atoms with Crippen molar-refractivity contribution in [3.63, 3.8) is 0 Å². The number of amides is 2. The molecule has 0 radical (unpaired) electrons. The van der Waals surface area contributed by atoms with Crippen molar-refractivity contribution in [3.05, 3.63) is 0 Å². The van der Waals surface area contributed by atoms with Crippen LogP contribution in [-0.4, -0.2) is 45.8 Å². The van der Waals surface area contributed by atoms with Crippen LogP contribution in [0.4, 0.5) is 0 Å². The fraction of sp³-hybridized carbons (Fsp3) is 0.875. The molecule has 3 fully saturated rings. The second kappa shape index (κ2) is 6.19. The zero-order chi connectivity index (χ0) is 14.9. The molecule has 1 unspecified atom stereocenters. The van der Waals surface area contributed by atoms with E-state index in [-0.39, 0.29) is 23.9 Å². The summed E-state index contributed by atoms with van der Waals surface area (Å²) in [6.45, 7) is 2.01. The maximum Gasteiger partial charge on any atom is 0.249 e. The van der Waals surface area contributed by atoms with Gasteiger partial charge >= 0.3 is 0 Å². The first kappa shape index (κ1) is 15.2. The molecule has 1 spiro atoms. The molecule has 2 heterocycles. The molecule has 1 N–H and O–H groups in total. The van der Waals surface area contributed by atoms with Crippen LogP contribution in [0.25, 0.3) is 0 Å². The fourth-order valence-corrected chi connectivity index (χ4v) is 5.23. The monoisotopic (exact) mass is 310 g/mol. The fourth-order valence-electron chi connectivity index (χ4n) is 4.15. The number of thioether (sulfide) groups is 1.